The van der Waals surface area contributed by atoms with Gasteiger partial charge in [-0.15, -0.1) is 0 Å². The molecule has 20 heavy (non-hydrogen) atoms. The Morgan fingerprint density at radius 1 is 1.05 bits per heavy atom. The van der Waals surface area contributed by atoms with Crippen LogP contribution in [0.3, 0.4) is 0 Å². The monoisotopic (exact) mass is 321 g/mol. The van der Waals surface area contributed by atoms with Crippen LogP contribution in [0.4, 0.5) is 13.2 Å². The Bertz CT molecular complexity index is 730. The summed E-state index contributed by atoms with van der Waals surface area (Å²) in [6.07, 6.45) is -4.10. The molecule has 0 radical (unpaired) electrons. The highest BCUT2D eigenvalue weighted by Crippen LogP contribution is 2.38. The quantitative estimate of drug-likeness (QED) is 0.849. The summed E-state index contributed by atoms with van der Waals surface area (Å²) in [6.45, 7) is 0. The van der Waals surface area contributed by atoms with Gasteiger partial charge < -0.3 is 0 Å². The second-order valence-electron chi connectivity index (χ2n) is 3.78. The van der Waals surface area contributed by atoms with Crippen LogP contribution in [0.15, 0.2) is 52.4 Å². The minimum atomic E-state index is -4.91. The van der Waals surface area contributed by atoms with E-state index in [9.17, 15) is 21.6 Å². The lowest BCUT2D eigenvalue weighted by molar-refractivity contribution is -0.143. The van der Waals surface area contributed by atoms with Crippen molar-refractivity contribution >= 4 is 21.4 Å². The molecule has 0 bridgehead atoms. The lowest BCUT2D eigenvalue weighted by atomic mass is 10.3. The first kappa shape index (κ1) is 14.8. The van der Waals surface area contributed by atoms with Gasteiger partial charge in [0, 0.05) is 6.20 Å². The number of hydrogen-bond donors (Lipinski definition) is 0. The Morgan fingerprint density at radius 2 is 1.65 bits per heavy atom. The van der Waals surface area contributed by atoms with Crippen LogP contribution in [0, 0.1) is 0 Å². The van der Waals surface area contributed by atoms with Crippen molar-refractivity contribution in [1.82, 2.24) is 4.98 Å². The summed E-state index contributed by atoms with van der Waals surface area (Å²) in [6, 6.07) is 7.76. The molecule has 0 aliphatic rings. The van der Waals surface area contributed by atoms with Gasteiger partial charge in [0.25, 0.3) is 0 Å². The first-order valence-corrected chi connectivity index (χ1v) is 7.12. The van der Waals surface area contributed by atoms with Gasteiger partial charge in [0.1, 0.15) is 4.90 Å². The molecule has 3 nitrogen and oxygen atoms in total. The molecule has 0 spiro atoms. The SMILES string of the molecule is O=S(=O)(c1ccccc1)c1c(Cl)ccnc1C(F)(F)F. The van der Waals surface area contributed by atoms with Crippen LogP contribution in [-0.2, 0) is 16.0 Å². The average molecular weight is 322 g/mol. The number of halogens is 4. The summed E-state index contributed by atoms with van der Waals surface area (Å²) in [7, 11) is -4.40. The highest BCUT2D eigenvalue weighted by atomic mass is 35.5. The molecule has 0 unspecified atom stereocenters. The van der Waals surface area contributed by atoms with E-state index in [1.807, 2.05) is 0 Å². The molecule has 0 aliphatic heterocycles. The fourth-order valence-corrected chi connectivity index (χ4v) is 3.55. The standard InChI is InChI=1S/C12H7ClF3NO2S/c13-9-6-7-17-11(12(14,15)16)10(9)20(18,19)8-4-2-1-3-5-8/h1-7H. The van der Waals surface area contributed by atoms with Crippen molar-refractivity contribution < 1.29 is 21.6 Å². The summed E-state index contributed by atoms with van der Waals surface area (Å²) in [5.41, 5.74) is -1.52. The summed E-state index contributed by atoms with van der Waals surface area (Å²) in [5, 5.41) is -0.517. The van der Waals surface area contributed by atoms with Crippen molar-refractivity contribution in [3.63, 3.8) is 0 Å². The van der Waals surface area contributed by atoms with Crippen LogP contribution in [0.25, 0.3) is 0 Å². The van der Waals surface area contributed by atoms with Crippen LogP contribution in [0.2, 0.25) is 5.02 Å². The number of rotatable bonds is 2. The number of alkyl halides is 3. The van der Waals surface area contributed by atoms with E-state index >= 15 is 0 Å². The zero-order valence-electron chi connectivity index (χ0n) is 9.73. The maximum Gasteiger partial charge on any atom is 0.434 e. The minimum Gasteiger partial charge on any atom is -0.250 e. The Kier molecular flexibility index (Phi) is 3.75. The number of sulfone groups is 1. The van der Waals surface area contributed by atoms with Crippen LogP contribution >= 0.6 is 11.6 Å². The van der Waals surface area contributed by atoms with Crippen LogP contribution < -0.4 is 0 Å². The maximum absolute atomic E-state index is 12.9. The molecule has 2 aromatic rings. The zero-order chi connectivity index (χ0) is 15.0. The lowest BCUT2D eigenvalue weighted by Gasteiger charge is -2.13. The fraction of sp³-hybridized carbons (Fsp3) is 0.0833. The normalized spacial score (nSPS) is 12.4. The van der Waals surface area contributed by atoms with Gasteiger partial charge in [-0.1, -0.05) is 29.8 Å². The molecule has 0 saturated carbocycles. The molecule has 0 saturated heterocycles. The number of aromatic nitrogens is 1. The van der Waals surface area contributed by atoms with Crippen molar-refractivity contribution in [2.24, 2.45) is 0 Å². The molecule has 106 valence electrons. The smallest absolute Gasteiger partial charge is 0.250 e. The Hall–Kier alpha value is -1.60. The van der Waals surface area contributed by atoms with Gasteiger partial charge in [-0.05, 0) is 18.2 Å². The molecular weight excluding hydrogens is 315 g/mol. The second-order valence-corrected chi connectivity index (χ2v) is 6.08. The van der Waals surface area contributed by atoms with Crippen molar-refractivity contribution in [3.05, 3.63) is 53.3 Å². The average Bonchev–Trinajstić information content (AvgIpc) is 2.38. The Balaban J connectivity index is 2.77. The number of pyridine rings is 1. The van der Waals surface area contributed by atoms with Crippen LogP contribution in [0.1, 0.15) is 5.69 Å². The summed E-state index contributed by atoms with van der Waals surface area (Å²) >= 11 is 5.65. The van der Waals surface area contributed by atoms with Crippen molar-refractivity contribution in [3.8, 4) is 0 Å². The first-order chi connectivity index (χ1) is 9.24. The molecular formula is C12H7ClF3NO2S. The molecule has 0 atom stereocenters. The number of nitrogens with zero attached hydrogens (tertiary/aromatic N) is 1. The van der Waals surface area contributed by atoms with E-state index in [0.29, 0.717) is 0 Å². The maximum atomic E-state index is 12.9. The Morgan fingerprint density at radius 3 is 2.20 bits per heavy atom. The number of hydrogen-bond acceptors (Lipinski definition) is 3. The van der Waals surface area contributed by atoms with Gasteiger partial charge in [-0.25, -0.2) is 8.42 Å². The highest BCUT2D eigenvalue weighted by Gasteiger charge is 2.40. The van der Waals surface area contributed by atoms with E-state index in [0.717, 1.165) is 12.3 Å². The molecule has 2 rings (SSSR count). The van der Waals surface area contributed by atoms with Gasteiger partial charge >= 0.3 is 6.18 Å². The van der Waals surface area contributed by atoms with Gasteiger partial charge in [0.15, 0.2) is 5.69 Å². The molecule has 0 aliphatic carbocycles. The van der Waals surface area contributed by atoms with Gasteiger partial charge in [-0.2, -0.15) is 13.2 Å². The molecule has 0 fully saturated rings. The van der Waals surface area contributed by atoms with E-state index < -0.39 is 31.6 Å². The molecule has 8 heteroatoms. The van der Waals surface area contributed by atoms with Crippen molar-refractivity contribution in [2.45, 2.75) is 16.0 Å². The topological polar surface area (TPSA) is 47.0 Å². The molecule has 1 aromatic carbocycles. The summed E-state index contributed by atoms with van der Waals surface area (Å²) in [4.78, 5) is 1.81. The van der Waals surface area contributed by atoms with E-state index in [2.05, 4.69) is 4.98 Å². The van der Waals surface area contributed by atoms with Gasteiger partial charge in [-0.3, -0.25) is 4.98 Å². The lowest BCUT2D eigenvalue weighted by Crippen LogP contribution is -2.16. The predicted molar refractivity (Wildman–Crippen MR) is 66.1 cm³/mol. The first-order valence-electron chi connectivity index (χ1n) is 5.26. The fourth-order valence-electron chi connectivity index (χ4n) is 1.60. The summed E-state index contributed by atoms with van der Waals surface area (Å²) < 4.78 is 63.3. The number of benzene rings is 1. The third-order valence-electron chi connectivity index (χ3n) is 2.45. The predicted octanol–water partition coefficient (Wildman–Crippen LogP) is 3.59. The highest BCUT2D eigenvalue weighted by molar-refractivity contribution is 7.91. The largest absolute Gasteiger partial charge is 0.434 e. The van der Waals surface area contributed by atoms with Crippen molar-refractivity contribution in [1.29, 1.82) is 0 Å². The van der Waals surface area contributed by atoms with E-state index in [1.165, 1.54) is 24.3 Å². The summed E-state index contributed by atoms with van der Waals surface area (Å²) in [5.74, 6) is 0. The second kappa shape index (κ2) is 5.06. The molecule has 0 amide bonds. The van der Waals surface area contributed by atoms with Crippen molar-refractivity contribution in [2.75, 3.05) is 0 Å². The molecule has 0 N–H and O–H groups in total. The van der Waals surface area contributed by atoms with Crippen LogP contribution in [-0.4, -0.2) is 13.4 Å². The van der Waals surface area contributed by atoms with E-state index in [-0.39, 0.29) is 4.90 Å². The molecule has 1 heterocycles. The zero-order valence-corrected chi connectivity index (χ0v) is 11.3. The van der Waals surface area contributed by atoms with Crippen LogP contribution in [0.5, 0.6) is 0 Å². The molecule has 1 aromatic heterocycles. The third-order valence-corrected chi connectivity index (χ3v) is 4.72. The minimum absolute atomic E-state index is 0.277. The Labute approximate surface area is 117 Å². The van der Waals surface area contributed by atoms with E-state index in [1.54, 1.807) is 6.07 Å². The van der Waals surface area contributed by atoms with E-state index in [4.69, 9.17) is 11.6 Å². The van der Waals surface area contributed by atoms with Gasteiger partial charge in [0.05, 0.1) is 9.92 Å². The van der Waals surface area contributed by atoms with Gasteiger partial charge in [0.2, 0.25) is 9.84 Å². The third kappa shape index (κ3) is 2.64.